The first kappa shape index (κ1) is 22.4. The SMILES string of the molecule is CC[C@H](/C=C(/C)[C@@H]1CCCCC(C)(C)c2cccc(c2)CC=CC(=O)O1)CO. The maximum absolute atomic E-state index is 12.3. The van der Waals surface area contributed by atoms with E-state index in [0.29, 0.717) is 0 Å². The Bertz CT molecular complexity index is 695. The highest BCUT2D eigenvalue weighted by molar-refractivity contribution is 5.82. The van der Waals surface area contributed by atoms with E-state index in [2.05, 4.69) is 51.1 Å². The van der Waals surface area contributed by atoms with Crippen molar-refractivity contribution in [1.82, 2.24) is 0 Å². The van der Waals surface area contributed by atoms with Crippen LogP contribution in [0, 0.1) is 5.92 Å². The number of hydrogen-bond donors (Lipinski definition) is 1. The minimum atomic E-state index is -0.289. The van der Waals surface area contributed by atoms with Gasteiger partial charge in [0.05, 0.1) is 0 Å². The Labute approximate surface area is 170 Å². The van der Waals surface area contributed by atoms with E-state index >= 15 is 0 Å². The summed E-state index contributed by atoms with van der Waals surface area (Å²) in [6, 6.07) is 8.69. The Hall–Kier alpha value is -1.87. The van der Waals surface area contributed by atoms with E-state index in [1.54, 1.807) is 6.08 Å². The van der Waals surface area contributed by atoms with Gasteiger partial charge >= 0.3 is 5.97 Å². The van der Waals surface area contributed by atoms with Crippen LogP contribution in [0.15, 0.2) is 48.1 Å². The van der Waals surface area contributed by atoms with E-state index in [9.17, 15) is 9.90 Å². The Morgan fingerprint density at radius 2 is 2.14 bits per heavy atom. The fourth-order valence-electron chi connectivity index (χ4n) is 3.79. The van der Waals surface area contributed by atoms with Crippen LogP contribution < -0.4 is 0 Å². The average Bonchev–Trinajstić information content (AvgIpc) is 2.67. The Morgan fingerprint density at radius 1 is 1.36 bits per heavy atom. The maximum atomic E-state index is 12.3. The maximum Gasteiger partial charge on any atom is 0.331 e. The van der Waals surface area contributed by atoms with Crippen LogP contribution in [-0.2, 0) is 21.4 Å². The van der Waals surface area contributed by atoms with Crippen LogP contribution in [0.4, 0.5) is 0 Å². The van der Waals surface area contributed by atoms with Crippen molar-refractivity contribution in [3.05, 3.63) is 59.2 Å². The topological polar surface area (TPSA) is 46.5 Å². The first-order chi connectivity index (χ1) is 13.4. The van der Waals surface area contributed by atoms with Gasteiger partial charge in [0, 0.05) is 18.6 Å². The molecule has 0 radical (unpaired) electrons. The number of allylic oxidation sites excluding steroid dienone is 1. The lowest BCUT2D eigenvalue weighted by Gasteiger charge is -2.27. The summed E-state index contributed by atoms with van der Waals surface area (Å²) in [7, 11) is 0. The molecule has 0 saturated carbocycles. The molecule has 1 aromatic rings. The zero-order valence-electron chi connectivity index (χ0n) is 17.9. The third-order valence-electron chi connectivity index (χ3n) is 5.86. The first-order valence-corrected chi connectivity index (χ1v) is 10.6. The van der Waals surface area contributed by atoms with E-state index in [1.807, 2.05) is 13.0 Å². The number of fused-ring (bicyclic) bond motifs is 2. The molecule has 0 fully saturated rings. The predicted molar refractivity (Wildman–Crippen MR) is 115 cm³/mol. The van der Waals surface area contributed by atoms with Gasteiger partial charge in [-0.1, -0.05) is 63.6 Å². The standard InChI is InChI=1S/C25H36O3/c1-5-20(18-26)16-19(2)23-13-6-7-15-25(3,4)22-12-8-10-21(17-22)11-9-14-24(27)28-23/h8-10,12,14,16-17,20,23,26H,5-7,11,13,15,18H2,1-4H3/b14-9?,19-16-/t20-,23+/m1/s1. The minimum Gasteiger partial charge on any atom is -0.455 e. The molecule has 1 aliphatic heterocycles. The molecular formula is C25H36O3. The smallest absolute Gasteiger partial charge is 0.331 e. The van der Waals surface area contributed by atoms with Crippen molar-refractivity contribution in [2.24, 2.45) is 5.92 Å². The second kappa shape index (κ2) is 10.6. The van der Waals surface area contributed by atoms with Crippen LogP contribution in [0.5, 0.6) is 0 Å². The van der Waals surface area contributed by atoms with E-state index in [-0.39, 0.29) is 30.0 Å². The second-order valence-corrected chi connectivity index (χ2v) is 8.62. The molecule has 0 saturated heterocycles. The summed E-state index contributed by atoms with van der Waals surface area (Å²) in [6.07, 6.45) is 10.9. The number of hydrogen-bond acceptors (Lipinski definition) is 3. The first-order valence-electron chi connectivity index (χ1n) is 10.6. The minimum absolute atomic E-state index is 0.117. The van der Waals surface area contributed by atoms with Crippen LogP contribution in [0.25, 0.3) is 0 Å². The molecule has 1 N–H and O–H groups in total. The largest absolute Gasteiger partial charge is 0.455 e. The van der Waals surface area contributed by atoms with Gasteiger partial charge in [-0.25, -0.2) is 4.79 Å². The Morgan fingerprint density at radius 3 is 2.86 bits per heavy atom. The predicted octanol–water partition coefficient (Wildman–Crippen LogP) is 5.51. The van der Waals surface area contributed by atoms with E-state index in [0.717, 1.165) is 44.1 Å². The lowest BCUT2D eigenvalue weighted by atomic mass is 9.79. The van der Waals surface area contributed by atoms with Gasteiger partial charge in [0.15, 0.2) is 0 Å². The highest BCUT2D eigenvalue weighted by Crippen LogP contribution is 2.31. The molecule has 0 amide bonds. The fourth-order valence-corrected chi connectivity index (χ4v) is 3.79. The Kier molecular flexibility index (Phi) is 8.50. The molecule has 3 heteroatoms. The number of carbonyl (C=O) groups excluding carboxylic acids is 1. The third kappa shape index (κ3) is 6.63. The van der Waals surface area contributed by atoms with Gasteiger partial charge < -0.3 is 9.84 Å². The molecule has 0 aliphatic carbocycles. The zero-order valence-corrected chi connectivity index (χ0v) is 17.9. The van der Waals surface area contributed by atoms with Gasteiger partial charge in [-0.15, -0.1) is 0 Å². The molecule has 2 bridgehead atoms. The van der Waals surface area contributed by atoms with E-state index in [1.165, 1.54) is 11.1 Å². The molecule has 1 aliphatic rings. The van der Waals surface area contributed by atoms with Crippen molar-refractivity contribution in [3.63, 3.8) is 0 Å². The van der Waals surface area contributed by atoms with Crippen LogP contribution in [-0.4, -0.2) is 23.8 Å². The van der Waals surface area contributed by atoms with Crippen molar-refractivity contribution < 1.29 is 14.6 Å². The quantitative estimate of drug-likeness (QED) is 0.550. The van der Waals surface area contributed by atoms with Gasteiger partial charge in [0.2, 0.25) is 0 Å². The van der Waals surface area contributed by atoms with Crippen molar-refractivity contribution in [2.75, 3.05) is 6.61 Å². The van der Waals surface area contributed by atoms with E-state index in [4.69, 9.17) is 4.74 Å². The molecule has 1 heterocycles. The lowest BCUT2D eigenvalue weighted by Crippen LogP contribution is -2.21. The molecule has 28 heavy (non-hydrogen) atoms. The summed E-state index contributed by atoms with van der Waals surface area (Å²) in [5, 5.41) is 9.49. The molecule has 3 nitrogen and oxygen atoms in total. The number of cyclic esters (lactones) is 1. The number of rotatable bonds is 4. The summed E-state index contributed by atoms with van der Waals surface area (Å²) in [5.41, 5.74) is 3.75. The molecule has 1 aromatic carbocycles. The zero-order chi connectivity index (χ0) is 20.6. The summed E-state index contributed by atoms with van der Waals surface area (Å²) >= 11 is 0. The number of esters is 1. The highest BCUT2D eigenvalue weighted by Gasteiger charge is 2.22. The van der Waals surface area contributed by atoms with Crippen molar-refractivity contribution in [2.45, 2.75) is 77.7 Å². The fraction of sp³-hybridized carbons (Fsp3) is 0.560. The monoisotopic (exact) mass is 384 g/mol. The summed E-state index contributed by atoms with van der Waals surface area (Å²) in [5.74, 6) is -0.172. The lowest BCUT2D eigenvalue weighted by molar-refractivity contribution is -0.141. The van der Waals surface area contributed by atoms with Crippen molar-refractivity contribution in [1.29, 1.82) is 0 Å². The van der Waals surface area contributed by atoms with Gasteiger partial charge in [0.1, 0.15) is 6.10 Å². The van der Waals surface area contributed by atoms with Gasteiger partial charge in [-0.2, -0.15) is 0 Å². The normalized spacial score (nSPS) is 22.2. The van der Waals surface area contributed by atoms with Crippen LogP contribution in [0.1, 0.15) is 70.9 Å². The molecule has 2 atom stereocenters. The van der Waals surface area contributed by atoms with Crippen molar-refractivity contribution in [3.8, 4) is 0 Å². The molecule has 2 rings (SSSR count). The molecule has 0 aromatic heterocycles. The van der Waals surface area contributed by atoms with Gasteiger partial charge in [-0.05, 0) is 61.1 Å². The number of ether oxygens (including phenoxy) is 1. The molecule has 0 spiro atoms. The molecule has 0 unspecified atom stereocenters. The third-order valence-corrected chi connectivity index (χ3v) is 5.86. The second-order valence-electron chi connectivity index (χ2n) is 8.62. The van der Waals surface area contributed by atoms with Gasteiger partial charge in [-0.3, -0.25) is 0 Å². The van der Waals surface area contributed by atoms with Crippen LogP contribution in [0.2, 0.25) is 0 Å². The number of carbonyl (C=O) groups is 1. The molecule has 154 valence electrons. The number of benzene rings is 1. The van der Waals surface area contributed by atoms with Gasteiger partial charge in [0.25, 0.3) is 0 Å². The highest BCUT2D eigenvalue weighted by atomic mass is 16.5. The average molecular weight is 385 g/mol. The number of aliphatic hydroxyl groups is 1. The summed E-state index contributed by atoms with van der Waals surface area (Å²) in [6.45, 7) is 8.81. The summed E-state index contributed by atoms with van der Waals surface area (Å²) in [4.78, 5) is 12.3. The van der Waals surface area contributed by atoms with Crippen LogP contribution in [0.3, 0.4) is 0 Å². The van der Waals surface area contributed by atoms with Crippen LogP contribution >= 0.6 is 0 Å². The number of aliphatic hydroxyl groups excluding tert-OH is 1. The molecular weight excluding hydrogens is 348 g/mol. The van der Waals surface area contributed by atoms with Crippen molar-refractivity contribution >= 4 is 5.97 Å². The summed E-state index contributed by atoms with van der Waals surface area (Å²) < 4.78 is 5.78. The van der Waals surface area contributed by atoms with E-state index < -0.39 is 0 Å². The Balaban J connectivity index is 2.21.